The van der Waals surface area contributed by atoms with Gasteiger partial charge in [0.2, 0.25) is 0 Å². The largest absolute Gasteiger partial charge is 0.425 e. The lowest BCUT2D eigenvalue weighted by Gasteiger charge is -2.12. The first-order valence-electron chi connectivity index (χ1n) is 6.40. The molecule has 4 nitrogen and oxygen atoms in total. The van der Waals surface area contributed by atoms with Gasteiger partial charge in [0, 0.05) is 6.42 Å². The molecular formula is C14H17NO3S. The van der Waals surface area contributed by atoms with Gasteiger partial charge in [0.1, 0.15) is 11.8 Å². The van der Waals surface area contributed by atoms with Crippen LogP contribution >= 0.6 is 12.6 Å². The van der Waals surface area contributed by atoms with E-state index in [0.29, 0.717) is 23.5 Å². The van der Waals surface area contributed by atoms with Gasteiger partial charge < -0.3 is 10.1 Å². The van der Waals surface area contributed by atoms with Gasteiger partial charge in [-0.05, 0) is 37.3 Å². The molecule has 102 valence electrons. The highest BCUT2D eigenvalue weighted by atomic mass is 32.1. The van der Waals surface area contributed by atoms with E-state index in [4.69, 9.17) is 4.74 Å². The maximum absolute atomic E-state index is 11.9. The molecule has 0 bridgehead atoms. The highest BCUT2D eigenvalue weighted by molar-refractivity contribution is 7.80. The van der Waals surface area contributed by atoms with E-state index in [1.165, 1.54) is 0 Å². The average Bonchev–Trinajstić information content (AvgIpc) is 2.93. The maximum atomic E-state index is 11.9. The molecule has 1 N–H and O–H groups in total. The van der Waals surface area contributed by atoms with Crippen LogP contribution in [0.5, 0.6) is 5.75 Å². The summed E-state index contributed by atoms with van der Waals surface area (Å²) in [6, 6.07) is 6.58. The van der Waals surface area contributed by atoms with Crippen molar-refractivity contribution in [1.29, 1.82) is 0 Å². The Morgan fingerprint density at radius 3 is 2.84 bits per heavy atom. The Hall–Kier alpha value is -1.33. The van der Waals surface area contributed by atoms with Gasteiger partial charge in [-0.15, -0.1) is 0 Å². The molecule has 0 unspecified atom stereocenters. The van der Waals surface area contributed by atoms with Crippen molar-refractivity contribution in [3.05, 3.63) is 29.8 Å². The summed E-state index contributed by atoms with van der Waals surface area (Å²) in [6.45, 7) is 0.833. The number of thiol groups is 1. The maximum Gasteiger partial charge on any atom is 0.328 e. The quantitative estimate of drug-likeness (QED) is 0.374. The van der Waals surface area contributed by atoms with Crippen molar-refractivity contribution >= 4 is 24.4 Å². The van der Waals surface area contributed by atoms with Crippen molar-refractivity contribution in [2.24, 2.45) is 0 Å². The second-order valence-corrected chi connectivity index (χ2v) is 4.91. The fraction of sp³-hybridized carbons (Fsp3) is 0.429. The lowest BCUT2D eigenvalue weighted by atomic mass is 10.1. The Morgan fingerprint density at radius 1 is 1.37 bits per heavy atom. The van der Waals surface area contributed by atoms with Crippen LogP contribution in [0.4, 0.5) is 0 Å². The molecule has 0 aliphatic carbocycles. The van der Waals surface area contributed by atoms with E-state index in [1.807, 2.05) is 0 Å². The highest BCUT2D eigenvalue weighted by Gasteiger charge is 2.25. The molecule has 1 aromatic carbocycles. The topological polar surface area (TPSA) is 55.4 Å². The number of ketones is 1. The third kappa shape index (κ3) is 3.58. The van der Waals surface area contributed by atoms with Crippen LogP contribution in [0, 0.1) is 0 Å². The number of benzene rings is 1. The molecule has 1 fully saturated rings. The van der Waals surface area contributed by atoms with Crippen LogP contribution in [-0.4, -0.2) is 30.1 Å². The molecule has 5 heteroatoms. The molecule has 1 atom stereocenters. The van der Waals surface area contributed by atoms with E-state index < -0.39 is 0 Å². The summed E-state index contributed by atoms with van der Waals surface area (Å²) >= 11 is 4.05. The van der Waals surface area contributed by atoms with Crippen LogP contribution in [0.3, 0.4) is 0 Å². The second-order valence-electron chi connectivity index (χ2n) is 4.46. The van der Waals surface area contributed by atoms with Crippen molar-refractivity contribution in [3.8, 4) is 5.75 Å². The minimum Gasteiger partial charge on any atom is -0.425 e. The van der Waals surface area contributed by atoms with Gasteiger partial charge in [-0.3, -0.25) is 4.79 Å². The molecule has 0 amide bonds. The monoisotopic (exact) mass is 279 g/mol. The molecule has 0 radical (unpaired) electrons. The molecule has 0 saturated carbocycles. The number of Topliss-reactive ketones (excluding diaryl/α,β-unsaturated/α-hetero) is 1. The summed E-state index contributed by atoms with van der Waals surface area (Å²) < 4.78 is 5.35. The molecule has 0 spiro atoms. The van der Waals surface area contributed by atoms with Crippen molar-refractivity contribution in [2.45, 2.75) is 25.3 Å². The highest BCUT2D eigenvalue weighted by Crippen LogP contribution is 2.21. The van der Waals surface area contributed by atoms with E-state index in [-0.39, 0.29) is 17.8 Å². The normalized spacial score (nSPS) is 18.3. The smallest absolute Gasteiger partial charge is 0.328 e. The van der Waals surface area contributed by atoms with Crippen molar-refractivity contribution < 1.29 is 14.3 Å². The van der Waals surface area contributed by atoms with Crippen LogP contribution in [0.1, 0.15) is 29.6 Å². The second kappa shape index (κ2) is 6.73. The van der Waals surface area contributed by atoms with Gasteiger partial charge in [-0.25, -0.2) is 4.79 Å². The molecule has 0 aromatic heterocycles. The number of para-hydroxylation sites is 1. The summed E-state index contributed by atoms with van der Waals surface area (Å²) in [5.41, 5.74) is 0.447. The Balaban J connectivity index is 2.11. The number of carbonyl (C=O) groups excluding carboxylic acids is 2. The van der Waals surface area contributed by atoms with E-state index in [0.717, 1.165) is 19.4 Å². The lowest BCUT2D eigenvalue weighted by Crippen LogP contribution is -2.34. The molecular weight excluding hydrogens is 262 g/mol. The zero-order valence-electron chi connectivity index (χ0n) is 10.6. The van der Waals surface area contributed by atoms with Crippen LogP contribution in [0.15, 0.2) is 24.3 Å². The standard InChI is InChI=1S/C14H17NO3S/c16-12(7-9-19)10-4-1-2-6-13(10)18-14(17)11-5-3-8-15-11/h1-2,4,6,11,15,19H,3,5,7-9H2/t11-/m0/s1. The first-order chi connectivity index (χ1) is 9.22. The van der Waals surface area contributed by atoms with Crippen molar-refractivity contribution in [1.82, 2.24) is 5.32 Å². The van der Waals surface area contributed by atoms with E-state index in [9.17, 15) is 9.59 Å². The third-order valence-electron chi connectivity index (χ3n) is 3.08. The van der Waals surface area contributed by atoms with Gasteiger partial charge in [-0.1, -0.05) is 12.1 Å². The van der Waals surface area contributed by atoms with E-state index in [2.05, 4.69) is 17.9 Å². The molecule has 2 rings (SSSR count). The van der Waals surface area contributed by atoms with Gasteiger partial charge in [0.05, 0.1) is 5.56 Å². The summed E-state index contributed by atoms with van der Waals surface area (Å²) in [6.07, 6.45) is 2.09. The van der Waals surface area contributed by atoms with Gasteiger partial charge in [0.25, 0.3) is 0 Å². The Bertz CT molecular complexity index is 470. The summed E-state index contributed by atoms with van der Waals surface area (Å²) in [5, 5.41) is 3.08. The Labute approximate surface area is 117 Å². The zero-order chi connectivity index (χ0) is 13.7. The summed E-state index contributed by atoms with van der Waals surface area (Å²) in [7, 11) is 0. The molecule has 1 aromatic rings. The summed E-state index contributed by atoms with van der Waals surface area (Å²) in [4.78, 5) is 23.8. The fourth-order valence-corrected chi connectivity index (χ4v) is 2.29. The summed E-state index contributed by atoms with van der Waals surface area (Å²) in [5.74, 6) is 0.445. The van der Waals surface area contributed by atoms with Crippen molar-refractivity contribution in [2.75, 3.05) is 12.3 Å². The van der Waals surface area contributed by atoms with Crippen LogP contribution in [-0.2, 0) is 4.79 Å². The Kier molecular flexibility index (Phi) is 4.99. The lowest BCUT2D eigenvalue weighted by molar-refractivity contribution is -0.136. The average molecular weight is 279 g/mol. The number of hydrogen-bond donors (Lipinski definition) is 2. The predicted molar refractivity (Wildman–Crippen MR) is 75.9 cm³/mol. The van der Waals surface area contributed by atoms with Crippen LogP contribution in [0.2, 0.25) is 0 Å². The van der Waals surface area contributed by atoms with E-state index >= 15 is 0 Å². The Morgan fingerprint density at radius 2 is 2.16 bits per heavy atom. The van der Waals surface area contributed by atoms with Gasteiger partial charge in [0.15, 0.2) is 5.78 Å². The van der Waals surface area contributed by atoms with Crippen LogP contribution < -0.4 is 10.1 Å². The van der Waals surface area contributed by atoms with E-state index in [1.54, 1.807) is 24.3 Å². The molecule has 1 aliphatic heterocycles. The number of nitrogens with one attached hydrogen (secondary N) is 1. The minimum absolute atomic E-state index is 0.0576. The van der Waals surface area contributed by atoms with Gasteiger partial charge in [-0.2, -0.15) is 12.6 Å². The SMILES string of the molecule is O=C(CCS)c1ccccc1OC(=O)[C@@H]1CCCN1. The predicted octanol–water partition coefficient (Wildman–Crippen LogP) is 1.85. The number of hydrogen-bond acceptors (Lipinski definition) is 5. The number of esters is 1. The molecule has 1 heterocycles. The van der Waals surface area contributed by atoms with Crippen molar-refractivity contribution in [3.63, 3.8) is 0 Å². The van der Waals surface area contributed by atoms with Gasteiger partial charge >= 0.3 is 5.97 Å². The molecule has 19 heavy (non-hydrogen) atoms. The molecule has 1 aliphatic rings. The number of carbonyl (C=O) groups is 2. The zero-order valence-corrected chi connectivity index (χ0v) is 11.5. The number of ether oxygens (including phenoxy) is 1. The first-order valence-corrected chi connectivity index (χ1v) is 7.04. The van der Waals surface area contributed by atoms with Crippen LogP contribution in [0.25, 0.3) is 0 Å². The first kappa shape index (κ1) is 14.1. The third-order valence-corrected chi connectivity index (χ3v) is 3.31. The minimum atomic E-state index is -0.316. The fourth-order valence-electron chi connectivity index (χ4n) is 2.09. The number of rotatable bonds is 5. The molecule has 1 saturated heterocycles.